The molecule has 2 heterocycles. The molecule has 0 radical (unpaired) electrons. The van der Waals surface area contributed by atoms with Gasteiger partial charge in [0.2, 0.25) is 0 Å². The van der Waals surface area contributed by atoms with Gasteiger partial charge in [-0.2, -0.15) is 0 Å². The van der Waals surface area contributed by atoms with E-state index in [0.717, 1.165) is 46.7 Å². The van der Waals surface area contributed by atoms with Gasteiger partial charge in [-0.3, -0.25) is 14.3 Å². The number of fused-ring (bicyclic) bond motifs is 1. The molecule has 0 aliphatic carbocycles. The van der Waals surface area contributed by atoms with Crippen molar-refractivity contribution in [2.75, 3.05) is 27.2 Å². The number of thiophene rings is 1. The standard InChI is InChI=1S/C27H31BrN4OS/c1-4-24(31(16-15-30(2)3)18-21-10-12-22(28)13-11-21)25-29-26-23(14-17-34-26)27(33)32(25)19-20-8-6-5-7-9-20/h5-14,17,24H,4,15-16,18-19H2,1-3H3. The summed E-state index contributed by atoms with van der Waals surface area (Å²) in [7, 11) is 4.19. The van der Waals surface area contributed by atoms with Gasteiger partial charge in [-0.1, -0.05) is 65.3 Å². The summed E-state index contributed by atoms with van der Waals surface area (Å²) in [4.78, 5) is 24.2. The molecule has 0 saturated heterocycles. The van der Waals surface area contributed by atoms with Crippen LogP contribution in [0.5, 0.6) is 0 Å². The normalized spacial score (nSPS) is 12.6. The van der Waals surface area contributed by atoms with Gasteiger partial charge in [-0.15, -0.1) is 11.3 Å². The van der Waals surface area contributed by atoms with E-state index in [1.165, 1.54) is 16.9 Å². The summed E-state index contributed by atoms with van der Waals surface area (Å²) in [5.41, 5.74) is 2.39. The van der Waals surface area contributed by atoms with Crippen molar-refractivity contribution >= 4 is 37.5 Å². The van der Waals surface area contributed by atoms with Crippen LogP contribution in [-0.4, -0.2) is 46.5 Å². The zero-order valence-electron chi connectivity index (χ0n) is 19.9. The summed E-state index contributed by atoms with van der Waals surface area (Å²) in [5.74, 6) is 0.849. The molecule has 34 heavy (non-hydrogen) atoms. The highest BCUT2D eigenvalue weighted by molar-refractivity contribution is 9.10. The third-order valence-corrected chi connectivity index (χ3v) is 7.39. The second kappa shape index (κ2) is 11.4. The second-order valence-corrected chi connectivity index (χ2v) is 10.6. The topological polar surface area (TPSA) is 41.4 Å². The van der Waals surface area contributed by atoms with Crippen molar-refractivity contribution in [2.24, 2.45) is 0 Å². The van der Waals surface area contributed by atoms with Crippen molar-refractivity contribution in [1.29, 1.82) is 0 Å². The van der Waals surface area contributed by atoms with E-state index < -0.39 is 0 Å². The molecule has 2 aromatic carbocycles. The monoisotopic (exact) mass is 538 g/mol. The van der Waals surface area contributed by atoms with E-state index in [4.69, 9.17) is 4.98 Å². The number of aromatic nitrogens is 2. The van der Waals surface area contributed by atoms with Gasteiger partial charge < -0.3 is 4.90 Å². The van der Waals surface area contributed by atoms with Crippen LogP contribution in [0, 0.1) is 0 Å². The van der Waals surface area contributed by atoms with E-state index in [-0.39, 0.29) is 11.6 Å². The minimum Gasteiger partial charge on any atom is -0.308 e. The molecule has 7 heteroatoms. The molecule has 4 rings (SSSR count). The first-order chi connectivity index (χ1) is 16.5. The molecule has 0 spiro atoms. The first kappa shape index (κ1) is 24.8. The molecule has 5 nitrogen and oxygen atoms in total. The van der Waals surface area contributed by atoms with Gasteiger partial charge in [0.05, 0.1) is 18.0 Å². The van der Waals surface area contributed by atoms with Gasteiger partial charge in [0.1, 0.15) is 10.7 Å². The highest BCUT2D eigenvalue weighted by atomic mass is 79.9. The molecule has 0 saturated carbocycles. The minimum absolute atomic E-state index is 0.0199. The first-order valence-electron chi connectivity index (χ1n) is 11.6. The number of benzene rings is 2. The zero-order valence-corrected chi connectivity index (χ0v) is 22.3. The SMILES string of the molecule is CCC(c1nc2sccc2c(=O)n1Cc1ccccc1)N(CCN(C)C)Cc1ccc(Br)cc1. The zero-order chi connectivity index (χ0) is 24.1. The molecule has 0 fully saturated rings. The van der Waals surface area contributed by atoms with Crippen molar-refractivity contribution < 1.29 is 0 Å². The summed E-state index contributed by atoms with van der Waals surface area (Å²) < 4.78 is 2.97. The fourth-order valence-corrected chi connectivity index (χ4v) is 5.27. The summed E-state index contributed by atoms with van der Waals surface area (Å²) in [6.45, 7) is 5.31. The van der Waals surface area contributed by atoms with Crippen LogP contribution < -0.4 is 5.56 Å². The fourth-order valence-electron chi connectivity index (χ4n) is 4.24. The summed E-state index contributed by atoms with van der Waals surface area (Å²) >= 11 is 5.08. The Kier molecular flexibility index (Phi) is 8.32. The molecule has 178 valence electrons. The maximum atomic E-state index is 13.6. The van der Waals surface area contributed by atoms with Crippen LogP contribution in [0.2, 0.25) is 0 Å². The number of hydrogen-bond acceptors (Lipinski definition) is 5. The molecule has 0 amide bonds. The minimum atomic E-state index is 0.0199. The number of likely N-dealkylation sites (N-methyl/N-ethyl adjacent to an activating group) is 1. The van der Waals surface area contributed by atoms with Gasteiger partial charge in [0.25, 0.3) is 5.56 Å². The van der Waals surface area contributed by atoms with Gasteiger partial charge in [-0.05, 0) is 55.2 Å². The van der Waals surface area contributed by atoms with Crippen molar-refractivity contribution in [2.45, 2.75) is 32.5 Å². The van der Waals surface area contributed by atoms with Gasteiger partial charge >= 0.3 is 0 Å². The average molecular weight is 540 g/mol. The van der Waals surface area contributed by atoms with Crippen LogP contribution >= 0.6 is 27.3 Å². The Balaban J connectivity index is 1.79. The Morgan fingerprint density at radius 3 is 2.41 bits per heavy atom. The van der Waals surface area contributed by atoms with Crippen LogP contribution in [0.4, 0.5) is 0 Å². The highest BCUT2D eigenvalue weighted by Crippen LogP contribution is 2.27. The lowest BCUT2D eigenvalue weighted by molar-refractivity contribution is 0.156. The third-order valence-electron chi connectivity index (χ3n) is 6.06. The average Bonchev–Trinajstić information content (AvgIpc) is 3.31. The Hall–Kier alpha value is -2.32. The number of rotatable bonds is 10. The van der Waals surface area contributed by atoms with Crippen LogP contribution in [0.15, 0.2) is 75.3 Å². The van der Waals surface area contributed by atoms with Crippen molar-refractivity contribution in [1.82, 2.24) is 19.4 Å². The van der Waals surface area contributed by atoms with Crippen LogP contribution in [-0.2, 0) is 13.1 Å². The molecular weight excluding hydrogens is 508 g/mol. The van der Waals surface area contributed by atoms with E-state index in [1.54, 1.807) is 0 Å². The van der Waals surface area contributed by atoms with Crippen molar-refractivity contribution in [3.05, 3.63) is 97.8 Å². The Bertz CT molecular complexity index is 1270. The number of nitrogens with zero attached hydrogens (tertiary/aromatic N) is 4. The maximum Gasteiger partial charge on any atom is 0.262 e. The molecule has 0 bridgehead atoms. The lowest BCUT2D eigenvalue weighted by atomic mass is 10.1. The maximum absolute atomic E-state index is 13.6. The first-order valence-corrected chi connectivity index (χ1v) is 13.3. The fraction of sp³-hybridized carbons (Fsp3) is 0.333. The molecule has 1 atom stereocenters. The Labute approximate surface area is 213 Å². The van der Waals surface area contributed by atoms with Crippen LogP contribution in [0.25, 0.3) is 10.2 Å². The highest BCUT2D eigenvalue weighted by Gasteiger charge is 2.25. The smallest absolute Gasteiger partial charge is 0.262 e. The summed E-state index contributed by atoms with van der Waals surface area (Å²) in [5, 5.41) is 2.66. The van der Waals surface area contributed by atoms with E-state index in [9.17, 15) is 4.79 Å². The molecular formula is C27H31BrN4OS. The Morgan fingerprint density at radius 2 is 1.74 bits per heavy atom. The van der Waals surface area contributed by atoms with E-state index in [0.29, 0.717) is 11.9 Å². The van der Waals surface area contributed by atoms with E-state index in [1.807, 2.05) is 34.2 Å². The van der Waals surface area contributed by atoms with Gasteiger partial charge in [-0.25, -0.2) is 4.98 Å². The van der Waals surface area contributed by atoms with Crippen LogP contribution in [0.3, 0.4) is 0 Å². The third kappa shape index (κ3) is 5.84. The van der Waals surface area contributed by atoms with Crippen molar-refractivity contribution in [3.8, 4) is 0 Å². The molecule has 4 aromatic rings. The van der Waals surface area contributed by atoms with Crippen LogP contribution in [0.1, 0.15) is 36.3 Å². The van der Waals surface area contributed by atoms with E-state index in [2.05, 4.69) is 83.1 Å². The Morgan fingerprint density at radius 1 is 1.00 bits per heavy atom. The summed E-state index contributed by atoms with van der Waals surface area (Å²) in [6.07, 6.45) is 0.863. The lowest BCUT2D eigenvalue weighted by Crippen LogP contribution is -2.38. The quantitative estimate of drug-likeness (QED) is 0.256. The predicted molar refractivity (Wildman–Crippen MR) is 146 cm³/mol. The molecule has 0 aliphatic rings. The molecule has 1 unspecified atom stereocenters. The summed E-state index contributed by atoms with van der Waals surface area (Å²) in [6, 6.07) is 20.6. The van der Waals surface area contributed by atoms with Crippen molar-refractivity contribution in [3.63, 3.8) is 0 Å². The van der Waals surface area contributed by atoms with E-state index >= 15 is 0 Å². The van der Waals surface area contributed by atoms with Gasteiger partial charge in [0, 0.05) is 24.1 Å². The molecule has 2 aromatic heterocycles. The second-order valence-electron chi connectivity index (χ2n) is 8.81. The molecule has 0 aliphatic heterocycles. The lowest BCUT2D eigenvalue weighted by Gasteiger charge is -2.33. The number of hydrogen-bond donors (Lipinski definition) is 0. The predicted octanol–water partition coefficient (Wildman–Crippen LogP) is 5.78. The molecule has 0 N–H and O–H groups in total. The van der Waals surface area contributed by atoms with Gasteiger partial charge in [0.15, 0.2) is 0 Å². The largest absolute Gasteiger partial charge is 0.308 e. The number of halogens is 1.